The van der Waals surface area contributed by atoms with Gasteiger partial charge in [0.2, 0.25) is 0 Å². The number of unbranched alkanes of at least 4 members (excludes halogenated alkanes) is 2. The van der Waals surface area contributed by atoms with Crippen molar-refractivity contribution in [3.05, 3.63) is 113 Å². The Morgan fingerprint density at radius 1 is 0.629 bits per heavy atom. The largest absolute Gasteiger partial charge is 0.493 e. The van der Waals surface area contributed by atoms with Crippen LogP contribution in [0.3, 0.4) is 0 Å². The number of benzene rings is 4. The van der Waals surface area contributed by atoms with Crippen LogP contribution in [-0.2, 0) is 0 Å². The van der Waals surface area contributed by atoms with E-state index in [0.717, 1.165) is 41.2 Å². The predicted octanol–water partition coefficient (Wildman–Crippen LogP) is 7.63. The van der Waals surface area contributed by atoms with E-state index in [2.05, 4.69) is 30.6 Å². The summed E-state index contributed by atoms with van der Waals surface area (Å²) in [6.45, 7) is 2.50. The molecule has 174 valence electrons. The van der Waals surface area contributed by atoms with Crippen molar-refractivity contribution in [2.75, 3.05) is 6.61 Å². The van der Waals surface area contributed by atoms with Crippen molar-refractivity contribution < 1.29 is 17.9 Å². The molecule has 0 amide bonds. The topological polar surface area (TPSA) is 9.23 Å². The molecule has 35 heavy (non-hydrogen) atoms. The lowest BCUT2D eigenvalue weighted by Gasteiger charge is -2.07. The van der Waals surface area contributed by atoms with Crippen LogP contribution in [0.4, 0.5) is 13.2 Å². The van der Waals surface area contributed by atoms with Crippen LogP contribution >= 0.6 is 0 Å². The molecular weight excluding hydrogens is 445 g/mol. The number of hydrogen-bond donors (Lipinski definition) is 0. The Bertz CT molecular complexity index is 1440. The lowest BCUT2D eigenvalue weighted by molar-refractivity contribution is 0.303. The average molecular weight is 469 g/mol. The summed E-state index contributed by atoms with van der Waals surface area (Å²) in [6.07, 6.45) is 2.89. The number of rotatable bonds is 5. The maximum absolute atomic E-state index is 14.4. The molecule has 0 fully saturated rings. The quantitative estimate of drug-likeness (QED) is 0.216. The number of hydrogen-bond acceptors (Lipinski definition) is 1. The second-order valence-electron chi connectivity index (χ2n) is 8.10. The smallest absolute Gasteiger partial charge is 0.145 e. The Labute approximate surface area is 203 Å². The highest BCUT2D eigenvalue weighted by atomic mass is 19.1. The molecule has 0 aromatic heterocycles. The zero-order valence-corrected chi connectivity index (χ0v) is 19.3. The summed E-state index contributed by atoms with van der Waals surface area (Å²) in [5.74, 6) is 9.96. The highest BCUT2D eigenvalue weighted by molar-refractivity contribution is 5.84. The first-order valence-electron chi connectivity index (χ1n) is 11.5. The van der Waals surface area contributed by atoms with Gasteiger partial charge < -0.3 is 4.74 Å². The Morgan fingerprint density at radius 2 is 1.20 bits per heavy atom. The van der Waals surface area contributed by atoms with E-state index < -0.39 is 11.6 Å². The first kappa shape index (κ1) is 24.0. The zero-order chi connectivity index (χ0) is 24.6. The van der Waals surface area contributed by atoms with E-state index in [1.165, 1.54) is 24.3 Å². The van der Waals surface area contributed by atoms with Gasteiger partial charge in [-0.2, -0.15) is 0 Å². The first-order valence-corrected chi connectivity index (χ1v) is 11.5. The maximum Gasteiger partial charge on any atom is 0.145 e. The summed E-state index contributed by atoms with van der Waals surface area (Å²) in [5, 5.41) is 1.74. The van der Waals surface area contributed by atoms with Crippen molar-refractivity contribution in [3.8, 4) is 29.4 Å². The van der Waals surface area contributed by atoms with Gasteiger partial charge >= 0.3 is 0 Å². The van der Waals surface area contributed by atoms with Crippen LogP contribution in [0, 0.1) is 41.1 Å². The van der Waals surface area contributed by atoms with Crippen LogP contribution in [-0.4, -0.2) is 6.61 Å². The molecule has 1 nitrogen and oxygen atoms in total. The summed E-state index contributed by atoms with van der Waals surface area (Å²) in [4.78, 5) is 0. The van der Waals surface area contributed by atoms with Gasteiger partial charge in [-0.25, -0.2) is 13.2 Å². The molecule has 0 aliphatic carbocycles. The molecule has 0 radical (unpaired) electrons. The lowest BCUT2D eigenvalue weighted by atomic mass is 10.1. The third-order valence-electron chi connectivity index (χ3n) is 5.40. The Kier molecular flexibility index (Phi) is 7.76. The molecule has 0 saturated carbocycles. The van der Waals surface area contributed by atoms with Gasteiger partial charge in [-0.3, -0.25) is 0 Å². The summed E-state index contributed by atoms with van der Waals surface area (Å²) in [6, 6.07) is 19.7. The third kappa shape index (κ3) is 6.46. The fourth-order valence-electron chi connectivity index (χ4n) is 3.50. The normalized spacial score (nSPS) is 10.3. The van der Waals surface area contributed by atoms with E-state index in [1.54, 1.807) is 30.3 Å². The maximum atomic E-state index is 14.4. The van der Waals surface area contributed by atoms with Crippen LogP contribution in [0.15, 0.2) is 72.8 Å². The van der Waals surface area contributed by atoms with E-state index in [4.69, 9.17) is 4.74 Å². The van der Waals surface area contributed by atoms with E-state index >= 15 is 0 Å². The molecule has 0 atom stereocenters. The van der Waals surface area contributed by atoms with E-state index in [9.17, 15) is 13.2 Å². The highest BCUT2D eigenvalue weighted by Gasteiger charge is 2.10. The van der Waals surface area contributed by atoms with Crippen molar-refractivity contribution in [2.45, 2.75) is 26.2 Å². The van der Waals surface area contributed by atoms with Gasteiger partial charge in [0, 0.05) is 28.8 Å². The minimum Gasteiger partial charge on any atom is -0.493 e. The average Bonchev–Trinajstić information content (AvgIpc) is 2.85. The first-order chi connectivity index (χ1) is 17.0. The van der Waals surface area contributed by atoms with Crippen molar-refractivity contribution >= 4 is 10.8 Å². The lowest BCUT2D eigenvalue weighted by Crippen LogP contribution is -1.99. The molecule has 4 aromatic rings. The molecule has 0 aliphatic rings. The van der Waals surface area contributed by atoms with Crippen LogP contribution < -0.4 is 4.74 Å². The molecule has 0 aliphatic heterocycles. The minimum atomic E-state index is -0.747. The zero-order valence-electron chi connectivity index (χ0n) is 19.3. The molecule has 0 bridgehead atoms. The van der Waals surface area contributed by atoms with E-state index in [-0.39, 0.29) is 17.1 Å². The fraction of sp³-hybridized carbons (Fsp3) is 0.161. The van der Waals surface area contributed by atoms with Crippen molar-refractivity contribution in [3.63, 3.8) is 0 Å². The van der Waals surface area contributed by atoms with Gasteiger partial charge in [0.25, 0.3) is 0 Å². The second-order valence-corrected chi connectivity index (χ2v) is 8.10. The van der Waals surface area contributed by atoms with Gasteiger partial charge in [0.1, 0.15) is 23.2 Å². The number of halogens is 3. The SMILES string of the molecule is CCCCCOc1cc(F)c(C#Cc2ccc(C#Cc3ccc4cc(F)ccc4c3)cc2)c(F)c1. The molecule has 4 rings (SSSR count). The number of ether oxygens (including phenoxy) is 1. The van der Waals surface area contributed by atoms with Gasteiger partial charge in [-0.1, -0.05) is 55.6 Å². The van der Waals surface area contributed by atoms with Crippen LogP contribution in [0.5, 0.6) is 5.75 Å². The van der Waals surface area contributed by atoms with E-state index in [1.807, 2.05) is 18.2 Å². The number of fused-ring (bicyclic) bond motifs is 1. The third-order valence-corrected chi connectivity index (χ3v) is 5.40. The Balaban J connectivity index is 1.45. The van der Waals surface area contributed by atoms with Crippen LogP contribution in [0.2, 0.25) is 0 Å². The second kappa shape index (κ2) is 11.3. The molecule has 0 spiro atoms. The van der Waals surface area contributed by atoms with Crippen LogP contribution in [0.25, 0.3) is 10.8 Å². The fourth-order valence-corrected chi connectivity index (χ4v) is 3.50. The summed E-state index contributed by atoms with van der Waals surface area (Å²) in [5.41, 5.74) is 1.92. The molecule has 0 saturated heterocycles. The Morgan fingerprint density at radius 3 is 1.89 bits per heavy atom. The minimum absolute atomic E-state index is 0.170. The summed E-state index contributed by atoms with van der Waals surface area (Å²) >= 11 is 0. The summed E-state index contributed by atoms with van der Waals surface area (Å²) in [7, 11) is 0. The van der Waals surface area contributed by atoms with Gasteiger partial charge in [0.15, 0.2) is 0 Å². The Hall–Kier alpha value is -4.15. The summed E-state index contributed by atoms with van der Waals surface area (Å²) < 4.78 is 47.5. The van der Waals surface area contributed by atoms with Gasteiger partial charge in [0.05, 0.1) is 12.2 Å². The molecule has 0 heterocycles. The highest BCUT2D eigenvalue weighted by Crippen LogP contribution is 2.21. The van der Waals surface area contributed by atoms with E-state index in [0.29, 0.717) is 12.2 Å². The monoisotopic (exact) mass is 468 g/mol. The van der Waals surface area contributed by atoms with Crippen molar-refractivity contribution in [1.29, 1.82) is 0 Å². The predicted molar refractivity (Wildman–Crippen MR) is 134 cm³/mol. The molecule has 4 heteroatoms. The van der Waals surface area contributed by atoms with Crippen molar-refractivity contribution in [2.24, 2.45) is 0 Å². The van der Waals surface area contributed by atoms with Gasteiger partial charge in [-0.15, -0.1) is 0 Å². The molecule has 0 N–H and O–H groups in total. The molecular formula is C31H23F3O. The van der Waals surface area contributed by atoms with Crippen molar-refractivity contribution in [1.82, 2.24) is 0 Å². The standard InChI is InChI=1S/C31H23F3O/c1-2-3-4-17-35-28-20-30(33)29(31(34)21-28)16-12-23-7-5-22(6-8-23)9-10-24-11-13-26-19-27(32)15-14-25(26)18-24/h5-8,11,13-15,18-21H,2-4,17H2,1H3. The van der Waals surface area contributed by atoms with Crippen LogP contribution in [0.1, 0.15) is 48.4 Å². The molecule has 4 aromatic carbocycles. The van der Waals surface area contributed by atoms with Gasteiger partial charge in [-0.05, 0) is 65.7 Å². The molecule has 0 unspecified atom stereocenters.